The van der Waals surface area contributed by atoms with E-state index in [1.54, 1.807) is 0 Å². The third kappa shape index (κ3) is 5.31. The van der Waals surface area contributed by atoms with E-state index < -0.39 is 0 Å². The first-order chi connectivity index (χ1) is 10.7. The van der Waals surface area contributed by atoms with Crippen LogP contribution in [0.1, 0.15) is 46.5 Å². The molecule has 22 heavy (non-hydrogen) atoms. The first-order valence-corrected chi connectivity index (χ1v) is 9.13. The number of aliphatic imine (C=N–C) groups is 1. The fraction of sp³-hybridized carbons (Fsp3) is 0.833. The third-order valence-corrected chi connectivity index (χ3v) is 4.61. The fourth-order valence-corrected chi connectivity index (χ4v) is 3.30. The Hall–Kier alpha value is -1.03. The van der Waals surface area contributed by atoms with Gasteiger partial charge in [-0.1, -0.05) is 38.8 Å². The predicted octanol–water partition coefficient (Wildman–Crippen LogP) is 2.72. The van der Waals surface area contributed by atoms with Crippen LogP contribution in [0.4, 0.5) is 0 Å². The van der Waals surface area contributed by atoms with Gasteiger partial charge in [-0.2, -0.15) is 0 Å². The normalized spacial score (nSPS) is 23.0. The third-order valence-electron chi connectivity index (χ3n) is 4.61. The van der Waals surface area contributed by atoms with E-state index in [1.807, 2.05) is 0 Å². The molecule has 1 fully saturated rings. The minimum absolute atomic E-state index is 0.694. The molecule has 1 N–H and O–H groups in total. The molecule has 2 aliphatic rings. The molecule has 0 radical (unpaired) electrons. The van der Waals surface area contributed by atoms with Crippen molar-refractivity contribution in [2.45, 2.75) is 52.5 Å². The monoisotopic (exact) mass is 306 g/mol. The molecule has 1 saturated heterocycles. The fourth-order valence-electron chi connectivity index (χ4n) is 3.30. The van der Waals surface area contributed by atoms with E-state index in [4.69, 9.17) is 4.99 Å². The standard InChI is InChI=1S/C18H34N4/c1-4-19-18(20-11-6-5-9-16(2)3)22-14-10-17(15-22)21-12-7-8-13-21/h7-8,16-17H,4-6,9-15H2,1-3H3,(H,19,20). The van der Waals surface area contributed by atoms with Crippen molar-refractivity contribution in [2.24, 2.45) is 10.9 Å². The highest BCUT2D eigenvalue weighted by molar-refractivity contribution is 5.80. The van der Waals surface area contributed by atoms with E-state index in [-0.39, 0.29) is 0 Å². The van der Waals surface area contributed by atoms with E-state index in [0.717, 1.165) is 51.1 Å². The van der Waals surface area contributed by atoms with Gasteiger partial charge in [0.1, 0.15) is 0 Å². The van der Waals surface area contributed by atoms with Gasteiger partial charge in [0.2, 0.25) is 0 Å². The molecule has 0 aliphatic carbocycles. The van der Waals surface area contributed by atoms with Gasteiger partial charge < -0.3 is 10.2 Å². The van der Waals surface area contributed by atoms with Crippen LogP contribution in [-0.2, 0) is 0 Å². The van der Waals surface area contributed by atoms with Crippen LogP contribution >= 0.6 is 0 Å². The van der Waals surface area contributed by atoms with Gasteiger partial charge in [-0.15, -0.1) is 0 Å². The summed E-state index contributed by atoms with van der Waals surface area (Å²) >= 11 is 0. The molecule has 2 aliphatic heterocycles. The second-order valence-corrected chi connectivity index (χ2v) is 6.94. The zero-order valence-corrected chi connectivity index (χ0v) is 14.7. The predicted molar refractivity (Wildman–Crippen MR) is 95.4 cm³/mol. The highest BCUT2D eigenvalue weighted by Crippen LogP contribution is 2.18. The van der Waals surface area contributed by atoms with Crippen molar-refractivity contribution < 1.29 is 0 Å². The smallest absolute Gasteiger partial charge is 0.193 e. The SMILES string of the molecule is CCNC(=NCCCCC(C)C)N1CCC(N2CC=CC2)C1. The first kappa shape index (κ1) is 17.3. The maximum atomic E-state index is 4.85. The number of unbranched alkanes of at least 4 members (excludes halogenated alkanes) is 1. The molecule has 0 amide bonds. The van der Waals surface area contributed by atoms with Crippen LogP contribution in [0.25, 0.3) is 0 Å². The molecule has 0 aromatic rings. The highest BCUT2D eigenvalue weighted by Gasteiger charge is 2.29. The van der Waals surface area contributed by atoms with Crippen molar-refractivity contribution in [3.63, 3.8) is 0 Å². The molecule has 1 unspecified atom stereocenters. The summed E-state index contributed by atoms with van der Waals surface area (Å²) in [5.41, 5.74) is 0. The van der Waals surface area contributed by atoms with Crippen molar-refractivity contribution in [1.29, 1.82) is 0 Å². The summed E-state index contributed by atoms with van der Waals surface area (Å²) in [7, 11) is 0. The van der Waals surface area contributed by atoms with E-state index in [0.29, 0.717) is 6.04 Å². The first-order valence-electron chi connectivity index (χ1n) is 9.13. The Labute approximate surface area is 136 Å². The molecular formula is C18H34N4. The lowest BCUT2D eigenvalue weighted by Gasteiger charge is -2.25. The molecule has 2 rings (SSSR count). The zero-order chi connectivity index (χ0) is 15.8. The summed E-state index contributed by atoms with van der Waals surface area (Å²) in [4.78, 5) is 9.88. The number of rotatable bonds is 7. The number of hydrogen-bond acceptors (Lipinski definition) is 2. The summed E-state index contributed by atoms with van der Waals surface area (Å²) < 4.78 is 0. The number of nitrogens with one attached hydrogen (secondary N) is 1. The average molecular weight is 306 g/mol. The number of hydrogen-bond donors (Lipinski definition) is 1. The Morgan fingerprint density at radius 3 is 2.73 bits per heavy atom. The number of likely N-dealkylation sites (tertiary alicyclic amines) is 1. The summed E-state index contributed by atoms with van der Waals surface area (Å²) in [5, 5.41) is 3.48. The Balaban J connectivity index is 1.77. The molecule has 4 heteroatoms. The van der Waals surface area contributed by atoms with Gasteiger partial charge in [-0.05, 0) is 25.7 Å². The maximum absolute atomic E-state index is 4.85. The van der Waals surface area contributed by atoms with Crippen molar-refractivity contribution in [2.75, 3.05) is 39.3 Å². The molecule has 0 aromatic heterocycles. The maximum Gasteiger partial charge on any atom is 0.193 e. The van der Waals surface area contributed by atoms with Gasteiger partial charge in [-0.3, -0.25) is 9.89 Å². The number of guanidine groups is 1. The molecule has 0 aromatic carbocycles. The van der Waals surface area contributed by atoms with Crippen molar-refractivity contribution >= 4 is 5.96 Å². The molecule has 4 nitrogen and oxygen atoms in total. The van der Waals surface area contributed by atoms with Crippen molar-refractivity contribution in [3.8, 4) is 0 Å². The Bertz CT molecular complexity index is 367. The summed E-state index contributed by atoms with van der Waals surface area (Å²) in [6, 6.07) is 0.694. The summed E-state index contributed by atoms with van der Waals surface area (Å²) in [5.74, 6) is 1.94. The lowest BCUT2D eigenvalue weighted by atomic mass is 10.1. The second kappa shape index (κ2) is 9.19. The van der Waals surface area contributed by atoms with Crippen molar-refractivity contribution in [3.05, 3.63) is 12.2 Å². The van der Waals surface area contributed by atoms with Gasteiger partial charge >= 0.3 is 0 Å². The van der Waals surface area contributed by atoms with E-state index in [2.05, 4.69) is 48.0 Å². The minimum Gasteiger partial charge on any atom is -0.357 e. The highest BCUT2D eigenvalue weighted by atomic mass is 15.3. The van der Waals surface area contributed by atoms with Gasteiger partial charge in [0.05, 0.1) is 0 Å². The van der Waals surface area contributed by atoms with Gasteiger partial charge in [0, 0.05) is 45.3 Å². The zero-order valence-electron chi connectivity index (χ0n) is 14.7. The second-order valence-electron chi connectivity index (χ2n) is 6.94. The summed E-state index contributed by atoms with van der Waals surface area (Å²) in [6.45, 7) is 13.2. The topological polar surface area (TPSA) is 30.9 Å². The molecule has 1 atom stereocenters. The molecular weight excluding hydrogens is 272 g/mol. The largest absolute Gasteiger partial charge is 0.357 e. The van der Waals surface area contributed by atoms with Crippen LogP contribution in [0.5, 0.6) is 0 Å². The Morgan fingerprint density at radius 1 is 1.27 bits per heavy atom. The van der Waals surface area contributed by atoms with E-state index >= 15 is 0 Å². The number of nitrogens with zero attached hydrogens (tertiary/aromatic N) is 3. The average Bonchev–Trinajstić information content (AvgIpc) is 3.16. The van der Waals surface area contributed by atoms with E-state index in [1.165, 1.54) is 25.7 Å². The van der Waals surface area contributed by atoms with Crippen LogP contribution in [-0.4, -0.2) is 61.1 Å². The molecule has 0 spiro atoms. The summed E-state index contributed by atoms with van der Waals surface area (Å²) in [6.07, 6.45) is 9.66. The Morgan fingerprint density at radius 2 is 2.05 bits per heavy atom. The Kier molecular flexibility index (Phi) is 7.23. The van der Waals surface area contributed by atoms with Gasteiger partial charge in [-0.25, -0.2) is 0 Å². The van der Waals surface area contributed by atoms with Crippen LogP contribution in [0.3, 0.4) is 0 Å². The lowest BCUT2D eigenvalue weighted by molar-refractivity contribution is 0.259. The van der Waals surface area contributed by atoms with Crippen LogP contribution in [0.2, 0.25) is 0 Å². The lowest BCUT2D eigenvalue weighted by Crippen LogP contribution is -2.42. The van der Waals surface area contributed by atoms with Crippen LogP contribution in [0, 0.1) is 5.92 Å². The van der Waals surface area contributed by atoms with Crippen LogP contribution in [0.15, 0.2) is 17.1 Å². The van der Waals surface area contributed by atoms with Gasteiger partial charge in [0.25, 0.3) is 0 Å². The van der Waals surface area contributed by atoms with Crippen molar-refractivity contribution in [1.82, 2.24) is 15.1 Å². The molecule has 0 saturated carbocycles. The minimum atomic E-state index is 0.694. The van der Waals surface area contributed by atoms with Gasteiger partial charge in [0.15, 0.2) is 5.96 Å². The van der Waals surface area contributed by atoms with Crippen LogP contribution < -0.4 is 5.32 Å². The molecule has 2 heterocycles. The molecule has 0 bridgehead atoms. The van der Waals surface area contributed by atoms with E-state index in [9.17, 15) is 0 Å². The quantitative estimate of drug-likeness (QED) is 0.339. The molecule has 126 valence electrons.